The molecule has 1 aliphatic heterocycles. The maximum absolute atomic E-state index is 13.3. The molecule has 0 radical (unpaired) electrons. The van der Waals surface area contributed by atoms with Gasteiger partial charge in [-0.3, -0.25) is 14.4 Å². The summed E-state index contributed by atoms with van der Waals surface area (Å²) in [4.78, 5) is 53.5. The first-order valence-electron chi connectivity index (χ1n) is 10.8. The summed E-state index contributed by atoms with van der Waals surface area (Å²) in [5, 5.41) is 0. The molecule has 1 atom stereocenters. The van der Waals surface area contributed by atoms with Gasteiger partial charge in [-0.15, -0.1) is 0 Å². The summed E-state index contributed by atoms with van der Waals surface area (Å²) in [6.45, 7) is 7.12. The van der Waals surface area contributed by atoms with Crippen LogP contribution in [0.5, 0.6) is 5.75 Å². The minimum Gasteiger partial charge on any atom is -0.484 e. The lowest BCUT2D eigenvalue weighted by Crippen LogP contribution is -2.55. The lowest BCUT2D eigenvalue weighted by atomic mass is 10.0. The van der Waals surface area contributed by atoms with E-state index in [2.05, 4.69) is 0 Å². The molecule has 0 aromatic heterocycles. The number of carbonyl (C=O) groups excluding carboxylic acids is 4. The highest BCUT2D eigenvalue weighted by Crippen LogP contribution is 2.30. The molecule has 174 valence electrons. The molecule has 0 aliphatic carbocycles. The Bertz CT molecular complexity index is 1030. The van der Waals surface area contributed by atoms with Crippen LogP contribution in [0.3, 0.4) is 0 Å². The van der Waals surface area contributed by atoms with Crippen LogP contribution in [0.25, 0.3) is 0 Å². The highest BCUT2D eigenvalue weighted by molar-refractivity contribution is 6.23. The molecule has 0 spiro atoms. The van der Waals surface area contributed by atoms with Gasteiger partial charge in [0.05, 0.1) is 24.3 Å². The van der Waals surface area contributed by atoms with E-state index in [1.807, 2.05) is 26.8 Å². The zero-order valence-electron chi connectivity index (χ0n) is 19.2. The standard InChI is InChI=1S/C25H28N2O6/c1-5-32-24(31)17-11-13-18(14-12-17)26-21(28)15-20(23(26)30)27(25(2,3)4)22(29)16-33-19-9-7-6-8-10-19/h6-14,20H,5,15-16H2,1-4H3. The average Bonchev–Trinajstić information content (AvgIpc) is 3.05. The highest BCUT2D eigenvalue weighted by Gasteiger charge is 2.47. The summed E-state index contributed by atoms with van der Waals surface area (Å²) < 4.78 is 10.5. The minimum absolute atomic E-state index is 0.132. The molecule has 1 fully saturated rings. The van der Waals surface area contributed by atoms with E-state index in [0.717, 1.165) is 4.90 Å². The molecule has 3 amide bonds. The predicted octanol–water partition coefficient (Wildman–Crippen LogP) is 3.20. The van der Waals surface area contributed by atoms with Gasteiger partial charge in [0.1, 0.15) is 11.8 Å². The third-order valence-corrected chi connectivity index (χ3v) is 5.17. The van der Waals surface area contributed by atoms with Gasteiger partial charge in [-0.05, 0) is 64.1 Å². The Morgan fingerprint density at radius 3 is 2.24 bits per heavy atom. The Kier molecular flexibility index (Phi) is 7.16. The maximum Gasteiger partial charge on any atom is 0.338 e. The van der Waals surface area contributed by atoms with Gasteiger partial charge in [0, 0.05) is 5.54 Å². The number of carbonyl (C=O) groups is 4. The number of imide groups is 1. The predicted molar refractivity (Wildman–Crippen MR) is 122 cm³/mol. The summed E-state index contributed by atoms with van der Waals surface area (Å²) in [6.07, 6.45) is -0.132. The molecule has 1 aliphatic rings. The van der Waals surface area contributed by atoms with Crippen LogP contribution in [0.4, 0.5) is 5.69 Å². The minimum atomic E-state index is -0.950. The monoisotopic (exact) mass is 452 g/mol. The maximum atomic E-state index is 13.3. The van der Waals surface area contributed by atoms with Crippen molar-refractivity contribution in [2.45, 2.75) is 45.7 Å². The molecule has 33 heavy (non-hydrogen) atoms. The number of amides is 3. The topological polar surface area (TPSA) is 93.2 Å². The zero-order chi connectivity index (χ0) is 24.2. The van der Waals surface area contributed by atoms with Crippen LogP contribution >= 0.6 is 0 Å². The van der Waals surface area contributed by atoms with E-state index in [0.29, 0.717) is 17.0 Å². The largest absolute Gasteiger partial charge is 0.484 e. The second-order valence-corrected chi connectivity index (χ2v) is 8.59. The summed E-state index contributed by atoms with van der Waals surface area (Å²) in [7, 11) is 0. The van der Waals surface area contributed by atoms with Crippen LogP contribution in [0.15, 0.2) is 54.6 Å². The molecule has 0 saturated carbocycles. The van der Waals surface area contributed by atoms with Gasteiger partial charge in [-0.25, -0.2) is 9.69 Å². The number of benzene rings is 2. The van der Waals surface area contributed by atoms with Gasteiger partial charge < -0.3 is 14.4 Å². The van der Waals surface area contributed by atoms with Gasteiger partial charge in [-0.1, -0.05) is 18.2 Å². The lowest BCUT2D eigenvalue weighted by Gasteiger charge is -2.39. The molecular formula is C25H28N2O6. The highest BCUT2D eigenvalue weighted by atomic mass is 16.5. The van der Waals surface area contributed by atoms with Crippen molar-refractivity contribution in [1.82, 2.24) is 4.90 Å². The fraction of sp³-hybridized carbons (Fsp3) is 0.360. The molecule has 8 nitrogen and oxygen atoms in total. The third-order valence-electron chi connectivity index (χ3n) is 5.17. The number of esters is 1. The Hall–Kier alpha value is -3.68. The molecule has 1 saturated heterocycles. The SMILES string of the molecule is CCOC(=O)c1ccc(N2C(=O)CC(N(C(=O)COc3ccccc3)C(C)(C)C)C2=O)cc1. The lowest BCUT2D eigenvalue weighted by molar-refractivity contribution is -0.145. The molecule has 2 aromatic carbocycles. The van der Waals surface area contributed by atoms with Crippen molar-refractivity contribution in [3.63, 3.8) is 0 Å². The average molecular weight is 453 g/mol. The Labute approximate surface area is 193 Å². The number of hydrogen-bond donors (Lipinski definition) is 0. The quantitative estimate of drug-likeness (QED) is 0.473. The number of hydrogen-bond acceptors (Lipinski definition) is 6. The summed E-state index contributed by atoms with van der Waals surface area (Å²) >= 11 is 0. The third kappa shape index (κ3) is 5.39. The van der Waals surface area contributed by atoms with E-state index in [4.69, 9.17) is 9.47 Å². The van der Waals surface area contributed by atoms with Crippen molar-refractivity contribution in [1.29, 1.82) is 0 Å². The van der Waals surface area contributed by atoms with Crippen LogP contribution in [-0.2, 0) is 19.1 Å². The van der Waals surface area contributed by atoms with Crippen molar-refractivity contribution in [3.8, 4) is 5.75 Å². The number of nitrogens with zero attached hydrogens (tertiary/aromatic N) is 2. The Morgan fingerprint density at radius 1 is 1.03 bits per heavy atom. The normalized spacial score (nSPS) is 16.0. The van der Waals surface area contributed by atoms with E-state index in [1.165, 1.54) is 29.2 Å². The summed E-state index contributed by atoms with van der Waals surface area (Å²) in [5.41, 5.74) is -0.0650. The van der Waals surface area contributed by atoms with E-state index in [9.17, 15) is 19.2 Å². The first-order valence-corrected chi connectivity index (χ1v) is 10.8. The number of ether oxygens (including phenoxy) is 2. The van der Waals surface area contributed by atoms with E-state index in [1.54, 1.807) is 31.2 Å². The van der Waals surface area contributed by atoms with Gasteiger partial charge in [0.15, 0.2) is 6.61 Å². The second-order valence-electron chi connectivity index (χ2n) is 8.59. The molecule has 0 bridgehead atoms. The molecule has 8 heteroatoms. The Balaban J connectivity index is 1.79. The number of para-hydroxylation sites is 1. The molecule has 1 unspecified atom stereocenters. The van der Waals surface area contributed by atoms with Crippen molar-refractivity contribution in [3.05, 3.63) is 60.2 Å². The van der Waals surface area contributed by atoms with E-state index >= 15 is 0 Å². The first kappa shape index (κ1) is 24.0. The fourth-order valence-electron chi connectivity index (χ4n) is 3.80. The number of rotatable bonds is 7. The molecule has 1 heterocycles. The van der Waals surface area contributed by atoms with Crippen LogP contribution in [0.2, 0.25) is 0 Å². The smallest absolute Gasteiger partial charge is 0.338 e. The van der Waals surface area contributed by atoms with Crippen LogP contribution < -0.4 is 9.64 Å². The zero-order valence-corrected chi connectivity index (χ0v) is 19.2. The second kappa shape index (κ2) is 9.85. The number of anilines is 1. The van der Waals surface area contributed by atoms with Crippen molar-refractivity contribution in [2.24, 2.45) is 0 Å². The molecule has 3 rings (SSSR count). The van der Waals surface area contributed by atoms with Crippen molar-refractivity contribution >= 4 is 29.4 Å². The molecule has 0 N–H and O–H groups in total. The van der Waals surface area contributed by atoms with Crippen LogP contribution in [-0.4, -0.2) is 53.4 Å². The van der Waals surface area contributed by atoms with Crippen molar-refractivity contribution < 1.29 is 28.7 Å². The van der Waals surface area contributed by atoms with Crippen LogP contribution in [0.1, 0.15) is 44.5 Å². The van der Waals surface area contributed by atoms with Gasteiger partial charge in [-0.2, -0.15) is 0 Å². The van der Waals surface area contributed by atoms with Gasteiger partial charge in [0.2, 0.25) is 5.91 Å². The van der Waals surface area contributed by atoms with E-state index < -0.39 is 35.3 Å². The van der Waals surface area contributed by atoms with Gasteiger partial charge in [0.25, 0.3) is 11.8 Å². The summed E-state index contributed by atoms with van der Waals surface area (Å²) in [6, 6.07) is 14.0. The first-order chi connectivity index (χ1) is 15.6. The molecular weight excluding hydrogens is 424 g/mol. The van der Waals surface area contributed by atoms with Crippen molar-refractivity contribution in [2.75, 3.05) is 18.1 Å². The summed E-state index contributed by atoms with van der Waals surface area (Å²) in [5.74, 6) is -1.25. The van der Waals surface area contributed by atoms with Gasteiger partial charge >= 0.3 is 5.97 Å². The van der Waals surface area contributed by atoms with Crippen LogP contribution in [0, 0.1) is 0 Å². The molecule has 2 aromatic rings. The Morgan fingerprint density at radius 2 is 1.67 bits per heavy atom. The van der Waals surface area contributed by atoms with E-state index in [-0.39, 0.29) is 19.6 Å². The fourth-order valence-corrected chi connectivity index (χ4v) is 3.80.